The zero-order valence-corrected chi connectivity index (χ0v) is 13.0. The van der Waals surface area contributed by atoms with Gasteiger partial charge in [0.15, 0.2) is 4.33 Å². The Morgan fingerprint density at radius 2 is 1.67 bits per heavy atom. The first-order valence-corrected chi connectivity index (χ1v) is 7.59. The molecule has 2 unspecified atom stereocenters. The molecular weight excluding hydrogens is 307 g/mol. The molecule has 21 heavy (non-hydrogen) atoms. The van der Waals surface area contributed by atoms with Gasteiger partial charge in [0.25, 0.3) is 0 Å². The Morgan fingerprint density at radius 1 is 1.00 bits per heavy atom. The largest absolute Gasteiger partial charge is 0.359 e. The number of fused-ring (bicyclic) bond motifs is 6. The van der Waals surface area contributed by atoms with Crippen LogP contribution in [0.25, 0.3) is 11.1 Å². The predicted octanol–water partition coefficient (Wildman–Crippen LogP) is 4.45. The summed E-state index contributed by atoms with van der Waals surface area (Å²) in [6, 6.07) is 16.4. The molecule has 0 heterocycles. The summed E-state index contributed by atoms with van der Waals surface area (Å²) in [5, 5.41) is 0. The van der Waals surface area contributed by atoms with Crippen LogP contribution >= 0.6 is 23.2 Å². The molecule has 2 aliphatic carbocycles. The van der Waals surface area contributed by atoms with Crippen molar-refractivity contribution in [1.82, 2.24) is 0 Å². The van der Waals surface area contributed by atoms with E-state index in [2.05, 4.69) is 18.2 Å². The number of hydrogen-bond acceptors (Lipinski definition) is 2. The molecule has 108 valence electrons. The summed E-state index contributed by atoms with van der Waals surface area (Å²) in [6.45, 7) is 0.161. The highest BCUT2D eigenvalue weighted by Crippen LogP contribution is 2.78. The Labute approximate surface area is 133 Å². The molecule has 2 nitrogen and oxygen atoms in total. The number of rotatable bonds is 3. The summed E-state index contributed by atoms with van der Waals surface area (Å²) in [6.07, 6.45) is 0. The first-order valence-electron chi connectivity index (χ1n) is 6.84. The molecule has 0 saturated heterocycles. The van der Waals surface area contributed by atoms with Crippen LogP contribution in [0.15, 0.2) is 48.5 Å². The zero-order valence-electron chi connectivity index (χ0n) is 11.5. The number of methoxy groups -OCH3 is 1. The Kier molecular flexibility index (Phi) is 2.89. The van der Waals surface area contributed by atoms with E-state index in [0.29, 0.717) is 0 Å². The van der Waals surface area contributed by atoms with Gasteiger partial charge in [-0.15, -0.1) is 0 Å². The van der Waals surface area contributed by atoms with Gasteiger partial charge in [-0.2, -0.15) is 0 Å². The molecule has 2 aliphatic rings. The van der Waals surface area contributed by atoms with E-state index in [9.17, 15) is 0 Å². The van der Waals surface area contributed by atoms with E-state index in [1.54, 1.807) is 7.11 Å². The van der Waals surface area contributed by atoms with Gasteiger partial charge >= 0.3 is 0 Å². The second-order valence-electron chi connectivity index (χ2n) is 5.48. The summed E-state index contributed by atoms with van der Waals surface area (Å²) in [4.78, 5) is 0. The molecule has 2 aromatic rings. The molecule has 0 aromatic heterocycles. The van der Waals surface area contributed by atoms with Crippen molar-refractivity contribution in [1.29, 1.82) is 0 Å². The maximum Gasteiger partial charge on any atom is 0.162 e. The quantitative estimate of drug-likeness (QED) is 0.614. The lowest BCUT2D eigenvalue weighted by molar-refractivity contribution is -0.0913. The average molecular weight is 321 g/mol. The highest BCUT2D eigenvalue weighted by atomic mass is 35.5. The maximum absolute atomic E-state index is 6.65. The van der Waals surface area contributed by atoms with E-state index in [1.165, 1.54) is 5.56 Å². The molecule has 0 N–H and O–H groups in total. The first-order chi connectivity index (χ1) is 10.1. The van der Waals surface area contributed by atoms with Crippen LogP contribution in [-0.4, -0.2) is 18.2 Å². The molecule has 2 aromatic carbocycles. The highest BCUT2D eigenvalue weighted by molar-refractivity contribution is 6.53. The zero-order chi connectivity index (χ0) is 14.7. The monoisotopic (exact) mass is 320 g/mol. The fourth-order valence-electron chi connectivity index (χ4n) is 3.58. The van der Waals surface area contributed by atoms with Crippen LogP contribution < -0.4 is 0 Å². The van der Waals surface area contributed by atoms with Gasteiger partial charge in [0.2, 0.25) is 0 Å². The van der Waals surface area contributed by atoms with Crippen LogP contribution in [0.3, 0.4) is 0 Å². The molecule has 4 rings (SSSR count). The summed E-state index contributed by atoms with van der Waals surface area (Å²) < 4.78 is 10.1. The number of halogens is 2. The third-order valence-electron chi connectivity index (χ3n) is 4.47. The van der Waals surface area contributed by atoms with Crippen LogP contribution in [0, 0.1) is 0 Å². The van der Waals surface area contributed by atoms with E-state index in [4.69, 9.17) is 32.7 Å². The minimum absolute atomic E-state index is 0.0745. The highest BCUT2D eigenvalue weighted by Gasteiger charge is 2.81. The summed E-state index contributed by atoms with van der Waals surface area (Å²) >= 11 is 13.3. The molecule has 2 atom stereocenters. The van der Waals surface area contributed by atoms with Crippen LogP contribution in [0.1, 0.15) is 17.0 Å². The lowest BCUT2D eigenvalue weighted by Gasteiger charge is -2.27. The predicted molar refractivity (Wildman–Crippen MR) is 83.7 cm³/mol. The Hall–Kier alpha value is -1.06. The molecule has 0 radical (unpaired) electrons. The molecule has 0 spiro atoms. The fraction of sp³-hybridized carbons (Fsp3) is 0.294. The van der Waals surface area contributed by atoms with Gasteiger partial charge in [-0.1, -0.05) is 71.7 Å². The van der Waals surface area contributed by atoms with E-state index < -0.39 is 9.93 Å². The molecule has 4 heteroatoms. The molecule has 0 bridgehead atoms. The van der Waals surface area contributed by atoms with Gasteiger partial charge < -0.3 is 9.47 Å². The lowest BCUT2D eigenvalue weighted by Crippen LogP contribution is -2.24. The Morgan fingerprint density at radius 3 is 2.43 bits per heavy atom. The van der Waals surface area contributed by atoms with Gasteiger partial charge in [-0.3, -0.25) is 0 Å². The molecule has 0 aliphatic heterocycles. The van der Waals surface area contributed by atoms with Crippen molar-refractivity contribution in [2.75, 3.05) is 13.9 Å². The van der Waals surface area contributed by atoms with Crippen molar-refractivity contribution < 1.29 is 9.47 Å². The number of benzene rings is 2. The Balaban J connectivity index is 1.98. The van der Waals surface area contributed by atoms with Crippen molar-refractivity contribution in [2.24, 2.45) is 0 Å². The standard InChI is InChI=1S/C17H14Cl2O2/c1-20-10-21-16-14-9-5-4-7-12(14)11-6-2-3-8-13(11)15(16)17(16,18)19/h2-9,15H,10H2,1H3. The lowest BCUT2D eigenvalue weighted by atomic mass is 9.84. The van der Waals surface area contributed by atoms with Crippen LogP contribution in [-0.2, 0) is 15.1 Å². The minimum Gasteiger partial charge on any atom is -0.359 e. The van der Waals surface area contributed by atoms with Crippen molar-refractivity contribution in [2.45, 2.75) is 15.9 Å². The average Bonchev–Trinajstić information content (AvgIpc) is 3.03. The van der Waals surface area contributed by atoms with Gasteiger partial charge in [-0.05, 0) is 22.3 Å². The number of alkyl halides is 2. The van der Waals surface area contributed by atoms with Gasteiger partial charge in [0.05, 0.1) is 5.92 Å². The van der Waals surface area contributed by atoms with Gasteiger partial charge in [0.1, 0.15) is 12.4 Å². The summed E-state index contributed by atoms with van der Waals surface area (Å²) in [5.41, 5.74) is 3.76. The number of hydrogen-bond donors (Lipinski definition) is 0. The van der Waals surface area contributed by atoms with Crippen LogP contribution in [0.4, 0.5) is 0 Å². The van der Waals surface area contributed by atoms with Crippen LogP contribution in [0.2, 0.25) is 0 Å². The SMILES string of the molecule is COCOC12c3ccccc3-c3ccccc3C1C2(Cl)Cl. The van der Waals surface area contributed by atoms with Crippen LogP contribution in [0.5, 0.6) is 0 Å². The van der Waals surface area contributed by atoms with Crippen molar-refractivity contribution >= 4 is 23.2 Å². The third kappa shape index (κ3) is 1.56. The fourth-order valence-corrected chi connectivity index (χ4v) is 4.54. The second kappa shape index (κ2) is 4.47. The molecule has 0 amide bonds. The topological polar surface area (TPSA) is 18.5 Å². The van der Waals surface area contributed by atoms with Crippen molar-refractivity contribution in [3.05, 3.63) is 59.7 Å². The van der Waals surface area contributed by atoms with Crippen molar-refractivity contribution in [3.63, 3.8) is 0 Å². The molecular formula is C17H14Cl2O2. The summed E-state index contributed by atoms with van der Waals surface area (Å²) in [5.74, 6) is -0.0745. The maximum atomic E-state index is 6.65. The third-order valence-corrected chi connectivity index (χ3v) is 5.47. The second-order valence-corrected chi connectivity index (χ2v) is 6.86. The van der Waals surface area contributed by atoms with Gasteiger partial charge in [0, 0.05) is 7.11 Å². The molecule has 1 saturated carbocycles. The van der Waals surface area contributed by atoms with E-state index in [1.807, 2.05) is 30.3 Å². The normalized spacial score (nSPS) is 27.5. The number of ether oxygens (including phenoxy) is 2. The first kappa shape index (κ1) is 13.6. The van der Waals surface area contributed by atoms with Crippen molar-refractivity contribution in [3.8, 4) is 11.1 Å². The minimum atomic E-state index is -0.978. The Bertz CT molecular complexity index is 713. The summed E-state index contributed by atoms with van der Waals surface area (Å²) in [7, 11) is 1.60. The molecule has 1 fully saturated rings. The van der Waals surface area contributed by atoms with Gasteiger partial charge in [-0.25, -0.2) is 0 Å². The van der Waals surface area contributed by atoms with E-state index in [-0.39, 0.29) is 12.7 Å². The van der Waals surface area contributed by atoms with E-state index in [0.717, 1.165) is 16.7 Å². The van der Waals surface area contributed by atoms with E-state index >= 15 is 0 Å². The smallest absolute Gasteiger partial charge is 0.162 e.